The summed E-state index contributed by atoms with van der Waals surface area (Å²) in [6.45, 7) is 4.23. The predicted octanol–water partition coefficient (Wildman–Crippen LogP) is 6.25. The Balaban J connectivity index is 1.64. The fraction of sp³-hybridized carbons (Fsp3) is 0.324. The van der Waals surface area contributed by atoms with Crippen molar-refractivity contribution in [3.63, 3.8) is 0 Å². The maximum Gasteiger partial charge on any atom is 0.328 e. The zero-order valence-corrected chi connectivity index (χ0v) is 26.1. The number of ether oxygens (including phenoxy) is 1. The van der Waals surface area contributed by atoms with Gasteiger partial charge in [-0.1, -0.05) is 30.3 Å². The van der Waals surface area contributed by atoms with Gasteiger partial charge < -0.3 is 14.6 Å². The average molecular weight is 621 g/mol. The van der Waals surface area contributed by atoms with Crippen LogP contribution in [0.3, 0.4) is 0 Å². The summed E-state index contributed by atoms with van der Waals surface area (Å²) in [5.41, 5.74) is 4.56. The molecule has 0 bridgehead atoms. The number of nitrogens with zero attached hydrogens (tertiary/aromatic N) is 3. The van der Waals surface area contributed by atoms with Gasteiger partial charge in [-0.3, -0.25) is 9.69 Å². The number of aromatic nitrogens is 2. The molecule has 10 heteroatoms. The van der Waals surface area contributed by atoms with Gasteiger partial charge in [0, 0.05) is 50.2 Å². The lowest BCUT2D eigenvalue weighted by Gasteiger charge is -2.24. The molecule has 0 radical (unpaired) electrons. The molecule has 0 fully saturated rings. The lowest BCUT2D eigenvalue weighted by atomic mass is 9.93. The first kappa shape index (κ1) is 32.9. The predicted molar refractivity (Wildman–Crippen MR) is 170 cm³/mol. The number of hydrogen-bond donors (Lipinski definition) is 1. The van der Waals surface area contributed by atoms with Crippen molar-refractivity contribution in [1.82, 2.24) is 19.8 Å². The largest absolute Gasteiger partial charge is 0.467 e. The van der Waals surface area contributed by atoms with Crippen molar-refractivity contribution in [2.45, 2.75) is 45.4 Å². The normalized spacial score (nSPS) is 11.9. The van der Waals surface area contributed by atoms with E-state index in [4.69, 9.17) is 4.74 Å². The van der Waals surface area contributed by atoms with Crippen molar-refractivity contribution in [1.29, 1.82) is 0 Å². The summed E-state index contributed by atoms with van der Waals surface area (Å²) in [5.74, 6) is -1.38. The Morgan fingerprint density at radius 2 is 1.77 bits per heavy atom. The van der Waals surface area contributed by atoms with Crippen LogP contribution in [-0.2, 0) is 29.2 Å². The monoisotopic (exact) mass is 620 g/mol. The molecule has 44 heavy (non-hydrogen) atoms. The maximum atomic E-state index is 14.0. The number of benzene rings is 3. The van der Waals surface area contributed by atoms with E-state index in [1.54, 1.807) is 30.4 Å². The minimum Gasteiger partial charge on any atom is -0.467 e. The van der Waals surface area contributed by atoms with Crippen LogP contribution in [0.5, 0.6) is 0 Å². The number of amides is 1. The molecule has 1 N–H and O–H groups in total. The van der Waals surface area contributed by atoms with E-state index in [1.807, 2.05) is 60.3 Å². The molecule has 4 aromatic rings. The van der Waals surface area contributed by atoms with Gasteiger partial charge in [-0.2, -0.15) is 11.8 Å². The molecule has 7 nitrogen and oxygen atoms in total. The number of carbonyl (C=O) groups excluding carboxylic acids is 2. The number of hydrogen-bond acceptors (Lipinski definition) is 6. The SMILES string of the molecule is COC(=O)[C@H](CCSC)NC(=O)c1ccc(CN(CCCn2ccnc2)Cc2cc(F)cc(F)c2)cc1-c1ccccc1C. The highest BCUT2D eigenvalue weighted by Gasteiger charge is 2.24. The quantitative estimate of drug-likeness (QED) is 0.158. The molecule has 0 unspecified atom stereocenters. The van der Waals surface area contributed by atoms with Gasteiger partial charge in [-0.25, -0.2) is 18.6 Å². The maximum absolute atomic E-state index is 14.0. The van der Waals surface area contributed by atoms with Gasteiger partial charge in [0.15, 0.2) is 0 Å². The van der Waals surface area contributed by atoms with Crippen LogP contribution in [-0.4, -0.2) is 58.0 Å². The van der Waals surface area contributed by atoms with Crippen molar-refractivity contribution in [3.05, 3.63) is 113 Å². The third-order valence-corrected chi connectivity index (χ3v) is 7.99. The molecule has 3 aromatic carbocycles. The fourth-order valence-electron chi connectivity index (χ4n) is 5.18. The highest BCUT2D eigenvalue weighted by Crippen LogP contribution is 2.29. The minimum atomic E-state index is -0.762. The van der Waals surface area contributed by atoms with Crippen LogP contribution in [0.25, 0.3) is 11.1 Å². The van der Waals surface area contributed by atoms with E-state index in [0.717, 1.165) is 41.3 Å². The summed E-state index contributed by atoms with van der Waals surface area (Å²) in [4.78, 5) is 32.3. The van der Waals surface area contributed by atoms with E-state index < -0.39 is 23.6 Å². The fourth-order valence-corrected chi connectivity index (χ4v) is 5.65. The van der Waals surface area contributed by atoms with Crippen LogP contribution in [0, 0.1) is 18.6 Å². The second-order valence-electron chi connectivity index (χ2n) is 10.7. The number of imidazole rings is 1. The van der Waals surface area contributed by atoms with Crippen molar-refractivity contribution < 1.29 is 23.1 Å². The second kappa shape index (κ2) is 16.2. The molecule has 4 rings (SSSR count). The third-order valence-electron chi connectivity index (χ3n) is 7.35. The lowest BCUT2D eigenvalue weighted by Crippen LogP contribution is -2.42. The van der Waals surface area contributed by atoms with Crippen molar-refractivity contribution in [2.75, 3.05) is 25.7 Å². The third kappa shape index (κ3) is 9.24. The van der Waals surface area contributed by atoms with Gasteiger partial charge in [0.25, 0.3) is 5.91 Å². The second-order valence-corrected chi connectivity index (χ2v) is 11.7. The van der Waals surface area contributed by atoms with Crippen LogP contribution < -0.4 is 5.32 Å². The Kier molecular flexibility index (Phi) is 12.1. The lowest BCUT2D eigenvalue weighted by molar-refractivity contribution is -0.142. The van der Waals surface area contributed by atoms with Gasteiger partial charge in [-0.05, 0) is 83.9 Å². The van der Waals surface area contributed by atoms with Gasteiger partial charge in [0.1, 0.15) is 17.7 Å². The van der Waals surface area contributed by atoms with Gasteiger partial charge >= 0.3 is 5.97 Å². The summed E-state index contributed by atoms with van der Waals surface area (Å²) in [6, 6.07) is 16.3. The van der Waals surface area contributed by atoms with Crippen molar-refractivity contribution >= 4 is 23.6 Å². The summed E-state index contributed by atoms with van der Waals surface area (Å²) in [5, 5.41) is 2.88. The van der Waals surface area contributed by atoms with Crippen molar-refractivity contribution in [3.8, 4) is 11.1 Å². The Hall–Kier alpha value is -4.02. The first-order valence-electron chi connectivity index (χ1n) is 14.5. The molecule has 232 valence electrons. The number of esters is 1. The van der Waals surface area contributed by atoms with Gasteiger partial charge in [0.2, 0.25) is 0 Å². The molecule has 1 atom stereocenters. The van der Waals surface area contributed by atoms with Crippen LogP contribution >= 0.6 is 11.8 Å². The molecule has 1 amide bonds. The molecular weight excluding hydrogens is 582 g/mol. The molecule has 0 aliphatic rings. The summed E-state index contributed by atoms with van der Waals surface area (Å²) in [7, 11) is 1.31. The van der Waals surface area contributed by atoms with E-state index in [-0.39, 0.29) is 5.91 Å². The number of rotatable bonds is 15. The molecule has 0 spiro atoms. The average Bonchev–Trinajstić information content (AvgIpc) is 3.52. The zero-order chi connectivity index (χ0) is 31.5. The van der Waals surface area contributed by atoms with Crippen LogP contribution in [0.2, 0.25) is 0 Å². The van der Waals surface area contributed by atoms with E-state index in [2.05, 4.69) is 15.2 Å². The molecule has 0 aliphatic heterocycles. The molecule has 0 saturated carbocycles. The molecular formula is C34H38F2N4O3S. The topological polar surface area (TPSA) is 76.5 Å². The summed E-state index contributed by atoms with van der Waals surface area (Å²) < 4.78 is 35.0. The molecule has 1 heterocycles. The molecule has 0 aliphatic carbocycles. The Morgan fingerprint density at radius 1 is 1.02 bits per heavy atom. The number of nitrogens with one attached hydrogen (secondary N) is 1. The number of methoxy groups -OCH3 is 1. The first-order valence-corrected chi connectivity index (χ1v) is 15.9. The number of aryl methyl sites for hydroxylation is 2. The van der Waals surface area contributed by atoms with Crippen LogP contribution in [0.1, 0.15) is 39.9 Å². The highest BCUT2D eigenvalue weighted by atomic mass is 32.2. The Morgan fingerprint density at radius 3 is 2.45 bits per heavy atom. The summed E-state index contributed by atoms with van der Waals surface area (Å²) in [6.07, 6.45) is 8.58. The van der Waals surface area contributed by atoms with Crippen LogP contribution in [0.15, 0.2) is 79.4 Å². The van der Waals surface area contributed by atoms with Gasteiger partial charge in [0.05, 0.1) is 13.4 Å². The van der Waals surface area contributed by atoms with E-state index in [9.17, 15) is 18.4 Å². The van der Waals surface area contributed by atoms with Gasteiger partial charge in [-0.15, -0.1) is 0 Å². The highest BCUT2D eigenvalue weighted by molar-refractivity contribution is 7.98. The van der Waals surface area contributed by atoms with E-state index in [0.29, 0.717) is 42.9 Å². The van der Waals surface area contributed by atoms with Crippen molar-refractivity contribution in [2.24, 2.45) is 0 Å². The smallest absolute Gasteiger partial charge is 0.328 e. The van der Waals surface area contributed by atoms with Crippen LogP contribution in [0.4, 0.5) is 8.78 Å². The number of carbonyl (C=O) groups is 2. The minimum absolute atomic E-state index is 0.344. The van der Waals surface area contributed by atoms with E-state index in [1.165, 1.54) is 19.2 Å². The molecule has 0 saturated heterocycles. The zero-order valence-electron chi connectivity index (χ0n) is 25.3. The number of halogens is 2. The number of thioether (sulfide) groups is 1. The summed E-state index contributed by atoms with van der Waals surface area (Å²) >= 11 is 1.59. The Bertz CT molecular complexity index is 1530. The standard InChI is InChI=1S/C34H38F2N4O3S/c1-24-7-4-5-8-29(24)31-19-25(9-10-30(31)33(41)38-32(11-16-44-3)34(42)43-2)21-40(14-6-13-39-15-12-37-23-39)22-26-17-27(35)20-28(36)18-26/h4-5,7-10,12,15,17-20,23,32H,6,11,13-14,16,21-22H2,1-3H3,(H,38,41)/t32-/m0/s1. The first-order chi connectivity index (χ1) is 21.3. The molecule has 1 aromatic heterocycles. The van der Waals surface area contributed by atoms with E-state index >= 15 is 0 Å². The Labute approximate surface area is 261 Å².